The first kappa shape index (κ1) is 20.4. The van der Waals surface area contributed by atoms with Crippen molar-refractivity contribution >= 4 is 34.9 Å². The molecule has 0 spiro atoms. The normalized spacial score (nSPS) is 14.3. The summed E-state index contributed by atoms with van der Waals surface area (Å²) in [6.07, 6.45) is -0.785. The zero-order valence-electron chi connectivity index (χ0n) is 14.3. The molecule has 0 bridgehead atoms. The fourth-order valence-electron chi connectivity index (χ4n) is 2.07. The minimum absolute atomic E-state index is 0.160. The summed E-state index contributed by atoms with van der Waals surface area (Å²) < 4.78 is 28.5. The molecule has 0 fully saturated rings. The highest BCUT2D eigenvalue weighted by atomic mass is 79.9. The van der Waals surface area contributed by atoms with Crippen LogP contribution in [0.4, 0.5) is 11.4 Å². The van der Waals surface area contributed by atoms with Crippen molar-refractivity contribution in [1.29, 1.82) is 0 Å². The van der Waals surface area contributed by atoms with Crippen LogP contribution in [0.1, 0.15) is 6.92 Å². The number of nitro benzene ring substituents is 1. The van der Waals surface area contributed by atoms with Crippen LogP contribution in [0.2, 0.25) is 0 Å². The summed E-state index contributed by atoms with van der Waals surface area (Å²) in [5.74, 6) is 0.980. The summed E-state index contributed by atoms with van der Waals surface area (Å²) in [6.45, 7) is 2.88. The molecule has 0 heterocycles. The number of hydrogen-bond donors (Lipinski definition) is 1. The van der Waals surface area contributed by atoms with Gasteiger partial charge in [0.2, 0.25) is 0 Å². The van der Waals surface area contributed by atoms with Crippen molar-refractivity contribution in [3.8, 4) is 11.5 Å². The summed E-state index contributed by atoms with van der Waals surface area (Å²) in [5.41, 5.74) is 0.0140. The molecule has 0 aliphatic rings. The molecule has 2 atom stereocenters. The lowest BCUT2D eigenvalue weighted by atomic mass is 10.2. The van der Waals surface area contributed by atoms with Gasteiger partial charge >= 0.3 is 7.60 Å². The maximum atomic E-state index is 11.9. The lowest BCUT2D eigenvalue weighted by molar-refractivity contribution is -0.384. The van der Waals surface area contributed by atoms with Gasteiger partial charge in [0.25, 0.3) is 5.69 Å². The van der Waals surface area contributed by atoms with E-state index >= 15 is 0 Å². The average Bonchev–Trinajstić information content (AvgIpc) is 2.56. The van der Waals surface area contributed by atoms with Crippen molar-refractivity contribution in [2.24, 2.45) is 0 Å². The molecule has 0 saturated carbocycles. The minimum atomic E-state index is -3.24. The quantitative estimate of drug-likeness (QED) is 0.252. The van der Waals surface area contributed by atoms with E-state index in [9.17, 15) is 14.7 Å². The summed E-state index contributed by atoms with van der Waals surface area (Å²) in [6, 6.07) is 11.5. The van der Waals surface area contributed by atoms with E-state index in [1.165, 1.54) is 32.0 Å². The van der Waals surface area contributed by atoms with E-state index in [0.29, 0.717) is 11.5 Å². The SMILES string of the molecule is COP(C)(=O)OC(C)Nc1cc(Oc2ccc(Br)cc2)ccc1[N+](=O)[O-]. The highest BCUT2D eigenvalue weighted by Crippen LogP contribution is 2.44. The Hall–Kier alpha value is -1.93. The number of halogens is 1. The van der Waals surface area contributed by atoms with Gasteiger partial charge in [0, 0.05) is 30.4 Å². The second kappa shape index (κ2) is 8.64. The molecule has 140 valence electrons. The average molecular weight is 445 g/mol. The second-order valence-corrected chi connectivity index (χ2v) is 8.37. The van der Waals surface area contributed by atoms with E-state index in [-0.39, 0.29) is 11.4 Å². The molecule has 2 unspecified atom stereocenters. The lowest BCUT2D eigenvalue weighted by Gasteiger charge is -2.20. The number of rotatable bonds is 8. The maximum Gasteiger partial charge on any atom is 0.329 e. The van der Waals surface area contributed by atoms with E-state index < -0.39 is 18.7 Å². The van der Waals surface area contributed by atoms with Crippen LogP contribution in [-0.4, -0.2) is 24.9 Å². The Morgan fingerprint density at radius 1 is 1.19 bits per heavy atom. The second-order valence-electron chi connectivity index (χ2n) is 5.34. The number of nitrogens with zero attached hydrogens (tertiary/aromatic N) is 1. The van der Waals surface area contributed by atoms with Crippen molar-refractivity contribution in [2.75, 3.05) is 19.1 Å². The molecular weight excluding hydrogens is 427 g/mol. The van der Waals surface area contributed by atoms with Gasteiger partial charge in [-0.2, -0.15) is 0 Å². The van der Waals surface area contributed by atoms with Crippen LogP contribution in [-0.2, 0) is 13.6 Å². The number of nitrogens with one attached hydrogen (secondary N) is 1. The maximum absolute atomic E-state index is 11.9. The fourth-order valence-corrected chi connectivity index (χ4v) is 3.05. The molecule has 2 rings (SSSR count). The smallest absolute Gasteiger partial charge is 0.329 e. The van der Waals surface area contributed by atoms with Crippen LogP contribution in [0, 0.1) is 10.1 Å². The topological polar surface area (TPSA) is 99.9 Å². The molecule has 0 amide bonds. The Bertz CT molecular complexity index is 830. The van der Waals surface area contributed by atoms with Crippen LogP contribution in [0.3, 0.4) is 0 Å². The summed E-state index contributed by atoms with van der Waals surface area (Å²) in [4.78, 5) is 10.7. The highest BCUT2D eigenvalue weighted by Gasteiger charge is 2.22. The van der Waals surface area contributed by atoms with Crippen LogP contribution < -0.4 is 10.1 Å². The van der Waals surface area contributed by atoms with E-state index in [2.05, 4.69) is 21.2 Å². The zero-order valence-corrected chi connectivity index (χ0v) is 16.8. The van der Waals surface area contributed by atoms with Gasteiger partial charge in [0.1, 0.15) is 23.4 Å². The third-order valence-corrected chi connectivity index (χ3v) is 5.15. The predicted octanol–water partition coefficient (Wildman–Crippen LogP) is 5.39. The van der Waals surface area contributed by atoms with Gasteiger partial charge in [-0.1, -0.05) is 15.9 Å². The lowest BCUT2D eigenvalue weighted by Crippen LogP contribution is -2.18. The molecule has 0 aromatic heterocycles. The highest BCUT2D eigenvalue weighted by molar-refractivity contribution is 9.10. The number of anilines is 1. The first-order valence-corrected chi connectivity index (χ1v) is 10.3. The molecule has 0 saturated heterocycles. The van der Waals surface area contributed by atoms with Crippen molar-refractivity contribution in [2.45, 2.75) is 13.2 Å². The molecule has 10 heteroatoms. The first-order chi connectivity index (χ1) is 12.2. The van der Waals surface area contributed by atoms with E-state index in [0.717, 1.165) is 4.47 Å². The number of nitro groups is 1. The molecule has 0 aliphatic heterocycles. The largest absolute Gasteiger partial charge is 0.457 e. The van der Waals surface area contributed by atoms with Crippen LogP contribution in [0.15, 0.2) is 46.9 Å². The Balaban J connectivity index is 2.23. The summed E-state index contributed by atoms with van der Waals surface area (Å²) >= 11 is 3.34. The summed E-state index contributed by atoms with van der Waals surface area (Å²) in [5, 5.41) is 14.1. The van der Waals surface area contributed by atoms with Gasteiger partial charge in [-0.3, -0.25) is 19.2 Å². The zero-order chi connectivity index (χ0) is 19.3. The molecule has 2 aromatic carbocycles. The molecule has 8 nitrogen and oxygen atoms in total. The van der Waals surface area contributed by atoms with Crippen molar-refractivity contribution in [3.05, 3.63) is 57.1 Å². The van der Waals surface area contributed by atoms with Gasteiger partial charge in [-0.05, 0) is 37.3 Å². The van der Waals surface area contributed by atoms with Gasteiger partial charge in [-0.25, -0.2) is 0 Å². The monoisotopic (exact) mass is 444 g/mol. The molecule has 2 aromatic rings. The standard InChI is InChI=1S/C16H18BrN2O6P/c1-11(25-26(3,22)23-2)18-15-10-14(8-9-16(15)19(20)21)24-13-6-4-12(17)5-7-13/h4-11,18H,1-3H3. The van der Waals surface area contributed by atoms with Crippen molar-refractivity contribution in [3.63, 3.8) is 0 Å². The number of hydrogen-bond acceptors (Lipinski definition) is 7. The first-order valence-electron chi connectivity index (χ1n) is 7.50. The van der Waals surface area contributed by atoms with Crippen LogP contribution in [0.25, 0.3) is 0 Å². The predicted molar refractivity (Wildman–Crippen MR) is 102 cm³/mol. The Morgan fingerprint density at radius 3 is 2.38 bits per heavy atom. The van der Waals surface area contributed by atoms with E-state index in [4.69, 9.17) is 13.8 Å². The Morgan fingerprint density at radius 2 is 1.81 bits per heavy atom. The van der Waals surface area contributed by atoms with Crippen molar-refractivity contribution in [1.82, 2.24) is 0 Å². The minimum Gasteiger partial charge on any atom is -0.457 e. The van der Waals surface area contributed by atoms with E-state index in [1.807, 2.05) is 12.1 Å². The molecule has 1 N–H and O–H groups in total. The van der Waals surface area contributed by atoms with Crippen LogP contribution >= 0.6 is 23.5 Å². The number of ether oxygens (including phenoxy) is 1. The Labute approximate surface area is 159 Å². The van der Waals surface area contributed by atoms with Gasteiger partial charge < -0.3 is 14.6 Å². The van der Waals surface area contributed by atoms with Crippen LogP contribution in [0.5, 0.6) is 11.5 Å². The van der Waals surface area contributed by atoms with Gasteiger partial charge in [0.05, 0.1) is 4.92 Å². The van der Waals surface area contributed by atoms with Crippen molar-refractivity contribution < 1.29 is 23.3 Å². The molecule has 0 radical (unpaired) electrons. The third-order valence-electron chi connectivity index (χ3n) is 3.25. The Kier molecular flexibility index (Phi) is 6.77. The molecular formula is C16H18BrN2O6P. The third kappa shape index (κ3) is 5.81. The molecule has 26 heavy (non-hydrogen) atoms. The number of benzene rings is 2. The van der Waals surface area contributed by atoms with Gasteiger partial charge in [0.15, 0.2) is 0 Å². The summed E-state index contributed by atoms with van der Waals surface area (Å²) in [7, 11) is -1.98. The fraction of sp³-hybridized carbons (Fsp3) is 0.250. The molecule has 0 aliphatic carbocycles. The van der Waals surface area contributed by atoms with E-state index in [1.54, 1.807) is 19.1 Å². The van der Waals surface area contributed by atoms with Gasteiger partial charge in [-0.15, -0.1) is 0 Å².